The Morgan fingerprint density at radius 2 is 1.12 bits per heavy atom. The van der Waals surface area contributed by atoms with Crippen molar-refractivity contribution >= 4 is 34.2 Å². The fraction of sp³-hybridized carbons (Fsp3) is 0.205. The molecular formula is C44H42IN3O3. The van der Waals surface area contributed by atoms with Crippen LogP contribution >= 0.6 is 22.6 Å². The summed E-state index contributed by atoms with van der Waals surface area (Å²) in [5.41, 5.74) is 9.67. The van der Waals surface area contributed by atoms with Crippen LogP contribution in [0.4, 0.5) is 0 Å². The number of halogens is 1. The molecule has 0 aliphatic carbocycles. The fourth-order valence-corrected chi connectivity index (χ4v) is 6.04. The smallest absolute Gasteiger partial charge is 0.248 e. The minimum absolute atomic E-state index is 0.0404. The van der Waals surface area contributed by atoms with Gasteiger partial charge in [0.2, 0.25) is 17.7 Å². The van der Waals surface area contributed by atoms with Crippen LogP contribution in [0.1, 0.15) is 63.8 Å². The number of nitrogens with zero attached hydrogens (tertiary/aromatic N) is 3. The van der Waals surface area contributed by atoms with Crippen LogP contribution in [0.15, 0.2) is 131 Å². The molecule has 0 bridgehead atoms. The number of phenolic OH excluding ortho intramolecular Hbond substituents is 1. The second-order valence-electron chi connectivity index (χ2n) is 14.0. The fourth-order valence-electron chi connectivity index (χ4n) is 5.68. The van der Waals surface area contributed by atoms with Crippen LogP contribution in [0, 0.1) is 0 Å². The minimum atomic E-state index is 0.0404. The number of aromatic hydroxyl groups is 1. The first-order chi connectivity index (χ1) is 24.3. The molecule has 51 heavy (non-hydrogen) atoms. The molecular weight excluding hydrogens is 745 g/mol. The van der Waals surface area contributed by atoms with Crippen molar-refractivity contribution in [1.29, 1.82) is 0 Å². The zero-order chi connectivity index (χ0) is 36.3. The Balaban J connectivity index is 1.17. The van der Waals surface area contributed by atoms with Gasteiger partial charge in [0.15, 0.2) is 0 Å². The molecule has 0 atom stereocenters. The van der Waals surface area contributed by atoms with Crippen molar-refractivity contribution in [2.24, 2.45) is 4.99 Å². The highest BCUT2D eigenvalue weighted by Crippen LogP contribution is 2.35. The molecule has 0 saturated carbocycles. The molecule has 0 unspecified atom stereocenters. The maximum Gasteiger partial charge on any atom is 0.248 e. The van der Waals surface area contributed by atoms with Gasteiger partial charge in [0.1, 0.15) is 11.5 Å². The molecule has 258 valence electrons. The summed E-state index contributed by atoms with van der Waals surface area (Å²) in [5.74, 6) is 2.16. The van der Waals surface area contributed by atoms with Crippen molar-refractivity contribution in [2.75, 3.05) is 6.54 Å². The number of rotatable bonds is 9. The topological polar surface area (TPSA) is 80.7 Å². The first-order valence-corrected chi connectivity index (χ1v) is 18.1. The molecule has 0 radical (unpaired) electrons. The summed E-state index contributed by atoms with van der Waals surface area (Å²) in [6, 6.07) is 38.0. The van der Waals surface area contributed by atoms with Gasteiger partial charge in [-0.25, -0.2) is 0 Å². The zero-order valence-corrected chi connectivity index (χ0v) is 32.0. The average molecular weight is 788 g/mol. The van der Waals surface area contributed by atoms with Gasteiger partial charge in [-0.2, -0.15) is 0 Å². The number of alkyl halides is 1. The van der Waals surface area contributed by atoms with E-state index < -0.39 is 0 Å². The Bertz CT molecular complexity index is 2170. The number of aromatic nitrogens is 2. The maximum absolute atomic E-state index is 10.7. The molecule has 6 nitrogen and oxygen atoms in total. The molecule has 0 aliphatic rings. The van der Waals surface area contributed by atoms with Crippen LogP contribution in [-0.2, 0) is 13.6 Å². The first-order valence-electron chi connectivity index (χ1n) is 17.0. The lowest BCUT2D eigenvalue weighted by Crippen LogP contribution is -2.11. The highest BCUT2D eigenvalue weighted by atomic mass is 127. The molecule has 0 spiro atoms. The van der Waals surface area contributed by atoms with E-state index in [0.717, 1.165) is 44.5 Å². The van der Waals surface area contributed by atoms with Crippen molar-refractivity contribution < 1.29 is 14.3 Å². The molecule has 1 heterocycles. The Morgan fingerprint density at radius 3 is 1.61 bits per heavy atom. The van der Waals surface area contributed by atoms with E-state index in [1.807, 2.05) is 79.7 Å². The van der Waals surface area contributed by atoms with Crippen molar-refractivity contribution in [1.82, 2.24) is 10.2 Å². The van der Waals surface area contributed by atoms with E-state index in [2.05, 4.69) is 109 Å². The second kappa shape index (κ2) is 14.7. The predicted molar refractivity (Wildman–Crippen MR) is 217 cm³/mol. The number of ether oxygens (including phenoxy) is 1. The van der Waals surface area contributed by atoms with E-state index >= 15 is 0 Å². The quantitative estimate of drug-likeness (QED) is 0.0519. The van der Waals surface area contributed by atoms with E-state index in [0.29, 0.717) is 30.0 Å². The standard InChI is InChI=1S/C44H42IN3O3/c1-8-46-40(50-28(2)29-17-21-37(22-18-29)43(3,4)5)32-13-9-30(10-14-32)35-25-36(27-39(49)26-35)31-11-15-33(16-12-31)41-47-48-42(51-41)34-19-23-38(24-20-34)44(6,7)45/h9-27,49H,2,8H2,1,3-7H3. The van der Waals surface area contributed by atoms with Crippen molar-refractivity contribution in [3.8, 4) is 50.9 Å². The summed E-state index contributed by atoms with van der Waals surface area (Å²) in [5, 5.41) is 19.3. The maximum atomic E-state index is 10.7. The van der Waals surface area contributed by atoms with Crippen molar-refractivity contribution in [3.05, 3.63) is 144 Å². The molecule has 0 fully saturated rings. The van der Waals surface area contributed by atoms with E-state index in [-0.39, 0.29) is 14.6 Å². The van der Waals surface area contributed by atoms with Crippen LogP contribution < -0.4 is 0 Å². The second-order valence-corrected chi connectivity index (χ2v) is 16.7. The van der Waals surface area contributed by atoms with Crippen LogP contribution in [-0.4, -0.2) is 27.7 Å². The number of hydrogen-bond donors (Lipinski definition) is 1. The molecule has 1 N–H and O–H groups in total. The van der Waals surface area contributed by atoms with Gasteiger partial charge in [-0.1, -0.05) is 111 Å². The molecule has 6 aromatic rings. The zero-order valence-electron chi connectivity index (χ0n) is 29.9. The van der Waals surface area contributed by atoms with E-state index in [1.165, 1.54) is 11.1 Å². The molecule has 0 saturated heterocycles. The Hall–Kier alpha value is -5.02. The number of hydrogen-bond acceptors (Lipinski definition) is 6. The SMILES string of the molecule is C=C(OC(=NCC)c1ccc(-c2cc(O)cc(-c3ccc(-c4nnc(-c5ccc(C(C)(C)I)cc5)o4)cc3)c2)cc1)c1ccc(C(C)(C)C)cc1. The largest absolute Gasteiger partial charge is 0.508 e. The molecule has 5 aromatic carbocycles. The minimum Gasteiger partial charge on any atom is -0.508 e. The molecule has 7 heteroatoms. The third-order valence-corrected chi connectivity index (χ3v) is 9.31. The van der Waals surface area contributed by atoms with Crippen LogP contribution in [0.2, 0.25) is 0 Å². The van der Waals surface area contributed by atoms with Crippen molar-refractivity contribution in [3.63, 3.8) is 0 Å². The summed E-state index contributed by atoms with van der Waals surface area (Å²) in [7, 11) is 0. The Labute approximate surface area is 314 Å². The lowest BCUT2D eigenvalue weighted by Gasteiger charge is -2.19. The summed E-state index contributed by atoms with van der Waals surface area (Å²) >= 11 is 2.43. The monoisotopic (exact) mass is 787 g/mol. The van der Waals surface area contributed by atoms with Crippen LogP contribution in [0.5, 0.6) is 5.75 Å². The normalized spacial score (nSPS) is 12.2. The van der Waals surface area contributed by atoms with Gasteiger partial charge < -0.3 is 14.3 Å². The van der Waals surface area contributed by atoms with Crippen LogP contribution in [0.3, 0.4) is 0 Å². The van der Waals surface area contributed by atoms with Gasteiger partial charge in [-0.15, -0.1) is 10.2 Å². The van der Waals surface area contributed by atoms with Crippen molar-refractivity contribution in [2.45, 2.75) is 50.4 Å². The Kier molecular flexibility index (Phi) is 10.3. The van der Waals surface area contributed by atoms with E-state index in [1.54, 1.807) is 12.1 Å². The first kappa shape index (κ1) is 35.8. The van der Waals surface area contributed by atoms with E-state index in [9.17, 15) is 5.11 Å². The summed E-state index contributed by atoms with van der Waals surface area (Å²) in [4.78, 5) is 4.62. The predicted octanol–water partition coefficient (Wildman–Crippen LogP) is 11.9. The van der Waals surface area contributed by atoms with Gasteiger partial charge >= 0.3 is 0 Å². The van der Waals surface area contributed by atoms with Crippen LogP contribution in [0.25, 0.3) is 50.9 Å². The third-order valence-electron chi connectivity index (χ3n) is 8.69. The summed E-state index contributed by atoms with van der Waals surface area (Å²) in [6.45, 7) is 17.7. The molecule has 6 rings (SSSR count). The lowest BCUT2D eigenvalue weighted by molar-refractivity contribution is 0.476. The molecule has 0 aliphatic heterocycles. The van der Waals surface area contributed by atoms with Gasteiger partial charge in [-0.3, -0.25) is 4.99 Å². The number of phenols is 1. The van der Waals surface area contributed by atoms with Gasteiger partial charge in [0.05, 0.1) is 0 Å². The highest BCUT2D eigenvalue weighted by Gasteiger charge is 2.18. The number of benzene rings is 5. The van der Waals surface area contributed by atoms with Gasteiger partial charge in [0.25, 0.3) is 0 Å². The average Bonchev–Trinajstić information content (AvgIpc) is 3.61. The summed E-state index contributed by atoms with van der Waals surface area (Å²) < 4.78 is 12.3. The third kappa shape index (κ3) is 8.48. The Morgan fingerprint density at radius 1 is 0.667 bits per heavy atom. The van der Waals surface area contributed by atoms with E-state index in [4.69, 9.17) is 9.15 Å². The van der Waals surface area contributed by atoms with Gasteiger partial charge in [-0.05, 0) is 114 Å². The molecule has 1 aromatic heterocycles. The highest BCUT2D eigenvalue weighted by molar-refractivity contribution is 14.1. The summed E-state index contributed by atoms with van der Waals surface area (Å²) in [6.07, 6.45) is 0. The lowest BCUT2D eigenvalue weighted by atomic mass is 9.86. The molecule has 0 amide bonds. The number of aliphatic imine (C=N–C) groups is 1. The van der Waals surface area contributed by atoms with Gasteiger partial charge in [0, 0.05) is 32.2 Å².